The molecule has 7 atom stereocenters. The second-order valence-corrected chi connectivity index (χ2v) is 15.5. The zero-order valence-electron chi connectivity index (χ0n) is 22.4. The molecular weight excluding hydrogens is 660 g/mol. The van der Waals surface area contributed by atoms with Gasteiger partial charge in [0.1, 0.15) is 30.5 Å². The Morgan fingerprint density at radius 1 is 1.00 bits per heavy atom. The van der Waals surface area contributed by atoms with Crippen molar-refractivity contribution < 1.29 is 41.9 Å². The van der Waals surface area contributed by atoms with E-state index in [0.717, 1.165) is 10.9 Å². The van der Waals surface area contributed by atoms with E-state index in [9.17, 15) is 23.6 Å². The van der Waals surface area contributed by atoms with Crippen LogP contribution in [0.25, 0.3) is 22.1 Å². The Hall–Kier alpha value is -2.70. The Balaban J connectivity index is 1.15. The van der Waals surface area contributed by atoms with Gasteiger partial charge in [-0.3, -0.25) is 32.3 Å². The first-order valence-corrected chi connectivity index (χ1v) is 18.4. The van der Waals surface area contributed by atoms with E-state index in [4.69, 9.17) is 28.8 Å². The molecule has 3 N–H and O–H groups in total. The molecule has 0 spiro atoms. The minimum absolute atomic E-state index is 0.218. The highest BCUT2D eigenvalue weighted by molar-refractivity contribution is 8.44. The molecular formula is C23H25N7O10P2S2. The summed E-state index contributed by atoms with van der Waals surface area (Å²) in [6, 6.07) is 6.49. The molecule has 1 aromatic carbocycles. The summed E-state index contributed by atoms with van der Waals surface area (Å²) < 4.78 is 55.2. The van der Waals surface area contributed by atoms with Gasteiger partial charge in [-0.25, -0.2) is 29.1 Å². The second-order valence-electron chi connectivity index (χ2n) is 9.85. The lowest BCUT2D eigenvalue weighted by Gasteiger charge is -2.22. The fourth-order valence-electron chi connectivity index (χ4n) is 4.94. The van der Waals surface area contributed by atoms with Crippen molar-refractivity contribution in [2.24, 2.45) is 0 Å². The predicted molar refractivity (Wildman–Crippen MR) is 160 cm³/mol. The summed E-state index contributed by atoms with van der Waals surface area (Å²) in [6.45, 7) is -9.48. The molecule has 3 aromatic heterocycles. The van der Waals surface area contributed by atoms with Crippen LogP contribution in [-0.2, 0) is 37.0 Å². The molecule has 0 amide bonds. The number of carbonyl (C=O) groups excluding carboxylic acids is 1. The van der Waals surface area contributed by atoms with Gasteiger partial charge in [0.2, 0.25) is 12.0 Å². The number of fused-ring (bicyclic) bond motifs is 2. The third-order valence-corrected chi connectivity index (χ3v) is 9.40. The SMILES string of the molecule is Nc1ncnc2c1ncn2[C@H]1CC[C@@H](COP(=O)(S)O[C@H]2C(=O)[C@H](n3cnc4ccccc4c3=O)O[C@@H]2COP(=O)(O)S)O1. The smallest absolute Gasteiger partial charge is 0.382 e. The van der Waals surface area contributed by atoms with Crippen molar-refractivity contribution in [3.8, 4) is 0 Å². The molecule has 0 bridgehead atoms. The van der Waals surface area contributed by atoms with Crippen LogP contribution in [0.4, 0.5) is 5.82 Å². The van der Waals surface area contributed by atoms with E-state index in [1.165, 1.54) is 18.7 Å². The highest BCUT2D eigenvalue weighted by Crippen LogP contribution is 2.56. The van der Waals surface area contributed by atoms with Crippen molar-refractivity contribution in [3.05, 3.63) is 53.6 Å². The Morgan fingerprint density at radius 2 is 1.77 bits per heavy atom. The number of rotatable bonds is 10. The number of thiol groups is 2. The summed E-state index contributed by atoms with van der Waals surface area (Å²) >= 11 is 7.50. The summed E-state index contributed by atoms with van der Waals surface area (Å²) in [7, 11) is 0. The van der Waals surface area contributed by atoms with Gasteiger partial charge in [-0.15, -0.1) is 0 Å². The number of anilines is 1. The molecule has 2 aliphatic heterocycles. The van der Waals surface area contributed by atoms with Crippen molar-refractivity contribution >= 4 is 71.8 Å². The molecule has 2 aliphatic rings. The first-order valence-electron chi connectivity index (χ1n) is 13.0. The average molecular weight is 686 g/mol. The number of nitrogen functional groups attached to an aromatic ring is 1. The van der Waals surface area contributed by atoms with Crippen LogP contribution in [0.15, 0.2) is 48.0 Å². The quantitative estimate of drug-likeness (QED) is 0.139. The van der Waals surface area contributed by atoms with E-state index in [1.54, 1.807) is 22.8 Å². The van der Waals surface area contributed by atoms with Crippen LogP contribution in [0, 0.1) is 0 Å². The largest absolute Gasteiger partial charge is 0.386 e. The fraction of sp³-hybridized carbons (Fsp3) is 0.391. The predicted octanol–water partition coefficient (Wildman–Crippen LogP) is 2.45. The van der Waals surface area contributed by atoms with Crippen LogP contribution in [0.2, 0.25) is 0 Å². The van der Waals surface area contributed by atoms with E-state index in [2.05, 4.69) is 44.4 Å². The lowest BCUT2D eigenvalue weighted by molar-refractivity contribution is -0.130. The van der Waals surface area contributed by atoms with Gasteiger partial charge in [0, 0.05) is 0 Å². The van der Waals surface area contributed by atoms with Gasteiger partial charge in [0.25, 0.3) is 5.56 Å². The summed E-state index contributed by atoms with van der Waals surface area (Å²) in [5.74, 6) is -0.609. The number of hydrogen-bond acceptors (Lipinski definition) is 14. The number of benzene rings is 1. The number of hydrogen-bond donors (Lipinski definition) is 4. The maximum Gasteiger partial charge on any atom is 0.386 e. The number of ether oxygens (including phenoxy) is 2. The van der Waals surface area contributed by atoms with Crippen molar-refractivity contribution in [2.45, 2.75) is 43.6 Å². The number of nitrogens with zero attached hydrogens (tertiary/aromatic N) is 6. The number of Topliss-reactive ketones (excluding diaryl/α,β-unsaturated/α-hetero) is 1. The molecule has 21 heteroatoms. The van der Waals surface area contributed by atoms with Crippen LogP contribution >= 0.6 is 38.1 Å². The molecule has 0 aliphatic carbocycles. The van der Waals surface area contributed by atoms with Crippen molar-refractivity contribution in [2.75, 3.05) is 18.9 Å². The van der Waals surface area contributed by atoms with Crippen LogP contribution < -0.4 is 11.3 Å². The van der Waals surface area contributed by atoms with Crippen LogP contribution in [0.5, 0.6) is 0 Å². The van der Waals surface area contributed by atoms with Crippen molar-refractivity contribution in [1.82, 2.24) is 29.1 Å². The minimum atomic E-state index is -4.31. The number of ketones is 1. The molecule has 2 saturated heterocycles. The number of nitrogens with two attached hydrogens (primary N) is 1. The van der Waals surface area contributed by atoms with Gasteiger partial charge in [-0.05, 0) is 25.0 Å². The first kappa shape index (κ1) is 31.3. The summed E-state index contributed by atoms with van der Waals surface area (Å²) in [5, 5.41) is 0.219. The van der Waals surface area contributed by atoms with Gasteiger partial charge in [0.15, 0.2) is 17.6 Å². The van der Waals surface area contributed by atoms with Gasteiger partial charge in [0.05, 0.1) is 36.5 Å². The van der Waals surface area contributed by atoms with E-state index in [0.29, 0.717) is 29.5 Å². The van der Waals surface area contributed by atoms with E-state index < -0.39 is 62.3 Å². The summed E-state index contributed by atoms with van der Waals surface area (Å²) in [5.41, 5.74) is 6.59. The molecule has 44 heavy (non-hydrogen) atoms. The fourth-order valence-corrected chi connectivity index (χ4v) is 6.93. The van der Waals surface area contributed by atoms with Crippen LogP contribution in [0.3, 0.4) is 0 Å². The lowest BCUT2D eigenvalue weighted by Crippen LogP contribution is -2.33. The van der Waals surface area contributed by atoms with E-state index in [1.807, 2.05) is 0 Å². The Labute approximate surface area is 258 Å². The molecule has 0 saturated carbocycles. The zero-order chi connectivity index (χ0) is 31.2. The standard InChI is InChI=1S/C23H25N7O10P2S2/c24-20-17-21(26-9-25-20)29(11-28-17)16-6-5-12(38-16)7-37-42(35,44)40-19-15(8-36-41(33,34)43)39-23(18(19)31)30-10-27-14-4-2-1-3-13(14)22(30)32/h1-4,9-12,15-16,19,23H,5-8H2,(H,35,44)(H2,24,25,26)(H2,33,34,43)/t12-,15+,16+,19+,23+,42?/m0/s1. The molecule has 0 radical (unpaired) electrons. The molecule has 2 unspecified atom stereocenters. The molecule has 2 fully saturated rings. The maximum absolute atomic E-state index is 13.5. The first-order chi connectivity index (χ1) is 20.9. The van der Waals surface area contributed by atoms with Gasteiger partial charge in [-0.1, -0.05) is 36.6 Å². The third-order valence-electron chi connectivity index (χ3n) is 6.97. The van der Waals surface area contributed by atoms with Gasteiger partial charge < -0.3 is 20.1 Å². The topological polar surface area (TPSA) is 222 Å². The molecule has 17 nitrogen and oxygen atoms in total. The minimum Gasteiger partial charge on any atom is -0.382 e. The van der Waals surface area contributed by atoms with Crippen LogP contribution in [-0.4, -0.2) is 71.3 Å². The molecule has 4 aromatic rings. The third kappa shape index (κ3) is 6.48. The molecule has 234 valence electrons. The summed E-state index contributed by atoms with van der Waals surface area (Å²) in [4.78, 5) is 52.6. The summed E-state index contributed by atoms with van der Waals surface area (Å²) in [6.07, 6.45) is -0.588. The second kappa shape index (κ2) is 12.2. The molecule has 5 heterocycles. The van der Waals surface area contributed by atoms with Crippen molar-refractivity contribution in [1.29, 1.82) is 0 Å². The highest BCUT2D eigenvalue weighted by atomic mass is 32.7. The average Bonchev–Trinajstić information content (AvgIpc) is 3.70. The highest BCUT2D eigenvalue weighted by Gasteiger charge is 2.49. The van der Waals surface area contributed by atoms with Gasteiger partial charge >= 0.3 is 13.6 Å². The Kier molecular flexibility index (Phi) is 8.71. The van der Waals surface area contributed by atoms with Crippen LogP contribution in [0.1, 0.15) is 25.3 Å². The van der Waals surface area contributed by atoms with Crippen molar-refractivity contribution in [3.63, 3.8) is 0 Å². The molecule has 6 rings (SSSR count). The Morgan fingerprint density at radius 3 is 2.57 bits per heavy atom. The Bertz CT molecular complexity index is 1890. The van der Waals surface area contributed by atoms with E-state index >= 15 is 0 Å². The lowest BCUT2D eigenvalue weighted by atomic mass is 10.1. The number of para-hydroxylation sites is 1. The number of carbonyl (C=O) groups is 1. The number of aromatic nitrogens is 6. The normalized spacial score (nSPS) is 26.7. The zero-order valence-corrected chi connectivity index (χ0v) is 26.0. The number of imidazole rings is 1. The maximum atomic E-state index is 13.5. The monoisotopic (exact) mass is 685 g/mol. The van der Waals surface area contributed by atoms with E-state index in [-0.39, 0.29) is 17.8 Å². The van der Waals surface area contributed by atoms with Gasteiger partial charge in [-0.2, -0.15) is 0 Å².